The molecule has 0 aliphatic carbocycles. The molecule has 1 aromatic rings. The van der Waals surface area contributed by atoms with Crippen molar-refractivity contribution in [1.82, 2.24) is 0 Å². The second-order valence-corrected chi connectivity index (χ2v) is 2.45. The van der Waals surface area contributed by atoms with Gasteiger partial charge in [0.25, 0.3) is 0 Å². The van der Waals surface area contributed by atoms with Crippen LogP contribution in [-0.2, 0) is 0 Å². The van der Waals surface area contributed by atoms with Crippen molar-refractivity contribution in [1.29, 1.82) is 0 Å². The van der Waals surface area contributed by atoms with E-state index in [-0.39, 0.29) is 0 Å². The molecule has 0 saturated heterocycles. The lowest BCUT2D eigenvalue weighted by molar-refractivity contribution is 0.112. The van der Waals surface area contributed by atoms with Gasteiger partial charge in [0.1, 0.15) is 0 Å². The van der Waals surface area contributed by atoms with Crippen molar-refractivity contribution in [2.45, 2.75) is 6.92 Å². The quantitative estimate of drug-likeness (QED) is 0.586. The molecule has 0 spiro atoms. The van der Waals surface area contributed by atoms with E-state index in [2.05, 4.69) is 6.58 Å². The molecule has 0 fully saturated rings. The van der Waals surface area contributed by atoms with E-state index >= 15 is 0 Å². The average molecular weight is 146 g/mol. The van der Waals surface area contributed by atoms with Crippen molar-refractivity contribution >= 4 is 12.4 Å². The molecule has 1 rings (SSSR count). The predicted octanol–water partition coefficient (Wildman–Crippen LogP) is 2.45. The summed E-state index contributed by atoms with van der Waals surface area (Å²) in [5.41, 5.74) is 2.75. The maximum absolute atomic E-state index is 10.4. The third kappa shape index (κ3) is 1.55. The summed E-state index contributed by atoms with van der Waals surface area (Å²) in [6.07, 6.45) is 2.53. The van der Waals surface area contributed by atoms with Crippen LogP contribution in [0.15, 0.2) is 24.8 Å². The highest BCUT2D eigenvalue weighted by atomic mass is 16.1. The molecule has 1 nitrogen and oxygen atoms in total. The predicted molar refractivity (Wildman–Crippen MR) is 46.7 cm³/mol. The number of benzene rings is 1. The van der Waals surface area contributed by atoms with Crippen LogP contribution >= 0.6 is 0 Å². The number of hydrogen-bond donors (Lipinski definition) is 0. The molecular formula is C10H10O. The first kappa shape index (κ1) is 7.73. The Morgan fingerprint density at radius 3 is 2.64 bits per heavy atom. The highest BCUT2D eigenvalue weighted by Crippen LogP contribution is 2.10. The lowest BCUT2D eigenvalue weighted by Gasteiger charge is -1.98. The molecule has 1 aromatic carbocycles. The lowest BCUT2D eigenvalue weighted by atomic mass is 10.1. The van der Waals surface area contributed by atoms with Gasteiger partial charge in [-0.1, -0.05) is 36.4 Å². The fourth-order valence-corrected chi connectivity index (χ4v) is 0.978. The van der Waals surface area contributed by atoms with Gasteiger partial charge in [0.2, 0.25) is 0 Å². The number of aldehydes is 1. The minimum Gasteiger partial charge on any atom is -0.298 e. The van der Waals surface area contributed by atoms with Crippen LogP contribution in [0.1, 0.15) is 21.5 Å². The molecule has 0 aromatic heterocycles. The number of rotatable bonds is 2. The standard InChI is InChI=1S/C10H10O/c1-3-9-6-8(2)4-5-10(9)7-11/h3-7H,1H2,2H3. The molecule has 0 aliphatic heterocycles. The Morgan fingerprint density at radius 1 is 1.36 bits per heavy atom. The van der Waals surface area contributed by atoms with Gasteiger partial charge >= 0.3 is 0 Å². The molecule has 0 radical (unpaired) electrons. The number of carbonyl (C=O) groups excluding carboxylic acids is 1. The van der Waals surface area contributed by atoms with Crippen LogP contribution in [0.2, 0.25) is 0 Å². The molecule has 0 saturated carbocycles. The van der Waals surface area contributed by atoms with Gasteiger partial charge in [-0.25, -0.2) is 0 Å². The van der Waals surface area contributed by atoms with E-state index in [9.17, 15) is 4.79 Å². The smallest absolute Gasteiger partial charge is 0.150 e. The van der Waals surface area contributed by atoms with E-state index in [4.69, 9.17) is 0 Å². The van der Waals surface area contributed by atoms with Gasteiger partial charge in [-0.15, -0.1) is 0 Å². The zero-order valence-electron chi connectivity index (χ0n) is 6.50. The largest absolute Gasteiger partial charge is 0.298 e. The highest BCUT2D eigenvalue weighted by molar-refractivity contribution is 5.81. The van der Waals surface area contributed by atoms with Crippen LogP contribution in [-0.4, -0.2) is 6.29 Å². The van der Waals surface area contributed by atoms with Crippen molar-refractivity contribution in [3.8, 4) is 0 Å². The molecule has 0 amide bonds. The Balaban J connectivity index is 3.26. The molecule has 0 aliphatic rings. The summed E-state index contributed by atoms with van der Waals surface area (Å²) in [6, 6.07) is 5.66. The summed E-state index contributed by atoms with van der Waals surface area (Å²) >= 11 is 0. The Hall–Kier alpha value is -1.37. The van der Waals surface area contributed by atoms with E-state index < -0.39 is 0 Å². The minimum absolute atomic E-state index is 0.700. The maximum Gasteiger partial charge on any atom is 0.150 e. The van der Waals surface area contributed by atoms with E-state index in [1.54, 1.807) is 12.1 Å². The molecule has 1 heteroatoms. The number of hydrogen-bond acceptors (Lipinski definition) is 1. The van der Waals surface area contributed by atoms with Gasteiger partial charge in [0, 0.05) is 5.56 Å². The minimum atomic E-state index is 0.700. The molecule has 0 heterocycles. The maximum atomic E-state index is 10.4. The van der Waals surface area contributed by atoms with Crippen molar-refractivity contribution < 1.29 is 4.79 Å². The molecule has 0 bridgehead atoms. The normalized spacial score (nSPS) is 9.18. The Bertz CT molecular complexity index is 287. The second kappa shape index (κ2) is 3.15. The van der Waals surface area contributed by atoms with Crippen LogP contribution in [0.3, 0.4) is 0 Å². The topological polar surface area (TPSA) is 17.1 Å². The van der Waals surface area contributed by atoms with Crippen molar-refractivity contribution in [2.75, 3.05) is 0 Å². The van der Waals surface area contributed by atoms with Gasteiger partial charge in [-0.2, -0.15) is 0 Å². The first-order valence-corrected chi connectivity index (χ1v) is 3.46. The Labute approximate surface area is 66.4 Å². The second-order valence-electron chi connectivity index (χ2n) is 2.45. The van der Waals surface area contributed by atoms with E-state index in [1.165, 1.54) is 0 Å². The number of carbonyl (C=O) groups is 1. The molecule has 0 atom stereocenters. The Morgan fingerprint density at radius 2 is 2.09 bits per heavy atom. The average Bonchev–Trinajstić information content (AvgIpc) is 2.04. The van der Waals surface area contributed by atoms with Gasteiger partial charge in [0.15, 0.2) is 6.29 Å². The van der Waals surface area contributed by atoms with Gasteiger partial charge in [0.05, 0.1) is 0 Å². The van der Waals surface area contributed by atoms with E-state index in [0.29, 0.717) is 5.56 Å². The summed E-state index contributed by atoms with van der Waals surface area (Å²) in [4.78, 5) is 10.4. The summed E-state index contributed by atoms with van der Waals surface area (Å²) in [6.45, 7) is 5.61. The lowest BCUT2D eigenvalue weighted by Crippen LogP contribution is -1.85. The summed E-state index contributed by atoms with van der Waals surface area (Å²) in [5, 5.41) is 0. The van der Waals surface area contributed by atoms with Gasteiger partial charge in [-0.05, 0) is 12.5 Å². The van der Waals surface area contributed by atoms with Crippen molar-refractivity contribution in [3.05, 3.63) is 41.5 Å². The zero-order chi connectivity index (χ0) is 8.27. The van der Waals surface area contributed by atoms with Crippen molar-refractivity contribution in [3.63, 3.8) is 0 Å². The van der Waals surface area contributed by atoms with E-state index in [1.807, 2.05) is 19.1 Å². The first-order valence-electron chi connectivity index (χ1n) is 3.46. The number of aryl methyl sites for hydroxylation is 1. The monoisotopic (exact) mass is 146 g/mol. The third-order valence-electron chi connectivity index (χ3n) is 1.59. The highest BCUT2D eigenvalue weighted by Gasteiger charge is 1.95. The molecule has 11 heavy (non-hydrogen) atoms. The van der Waals surface area contributed by atoms with Crippen LogP contribution in [0, 0.1) is 6.92 Å². The first-order chi connectivity index (χ1) is 5.27. The van der Waals surface area contributed by atoms with Gasteiger partial charge in [-0.3, -0.25) is 4.79 Å². The zero-order valence-corrected chi connectivity index (χ0v) is 6.50. The molecular weight excluding hydrogens is 136 g/mol. The molecule has 0 unspecified atom stereocenters. The summed E-state index contributed by atoms with van der Waals surface area (Å²) in [5.74, 6) is 0. The summed E-state index contributed by atoms with van der Waals surface area (Å²) in [7, 11) is 0. The fourth-order valence-electron chi connectivity index (χ4n) is 0.978. The SMILES string of the molecule is C=Cc1cc(C)ccc1C=O. The van der Waals surface area contributed by atoms with Crippen LogP contribution in [0.4, 0.5) is 0 Å². The van der Waals surface area contributed by atoms with Gasteiger partial charge < -0.3 is 0 Å². The van der Waals surface area contributed by atoms with Crippen molar-refractivity contribution in [2.24, 2.45) is 0 Å². The van der Waals surface area contributed by atoms with E-state index in [0.717, 1.165) is 17.4 Å². The fraction of sp³-hybridized carbons (Fsp3) is 0.100. The third-order valence-corrected chi connectivity index (χ3v) is 1.59. The molecule has 56 valence electrons. The van der Waals surface area contributed by atoms with Crippen LogP contribution < -0.4 is 0 Å². The Kier molecular flexibility index (Phi) is 2.21. The summed E-state index contributed by atoms with van der Waals surface area (Å²) < 4.78 is 0. The molecule has 0 N–H and O–H groups in total. The van der Waals surface area contributed by atoms with Crippen LogP contribution in [0.25, 0.3) is 6.08 Å². The van der Waals surface area contributed by atoms with Crippen LogP contribution in [0.5, 0.6) is 0 Å².